The molecule has 0 bridgehead atoms. The van der Waals surface area contributed by atoms with Crippen molar-refractivity contribution in [2.75, 3.05) is 0 Å². The average Bonchev–Trinajstić information content (AvgIpc) is 2.64. The van der Waals surface area contributed by atoms with Gasteiger partial charge in [-0.2, -0.15) is 0 Å². The molecule has 5 nitrogen and oxygen atoms in total. The maximum Gasteiger partial charge on any atom is 0.329 e. The van der Waals surface area contributed by atoms with Crippen LogP contribution in [0.5, 0.6) is 0 Å². The smallest absolute Gasteiger partial charge is 0.329 e. The molecule has 0 saturated carbocycles. The van der Waals surface area contributed by atoms with E-state index >= 15 is 0 Å². The van der Waals surface area contributed by atoms with Crippen LogP contribution in [0.15, 0.2) is 16.7 Å². The summed E-state index contributed by atoms with van der Waals surface area (Å²) in [6, 6.07) is 1.65. The molecule has 1 atom stereocenters. The number of carbonyl (C=O) groups excluding carboxylic acids is 1. The molecule has 0 spiro atoms. The van der Waals surface area contributed by atoms with Gasteiger partial charge in [-0.3, -0.25) is 4.79 Å². The Hall–Kier alpha value is -1.78. The fourth-order valence-electron chi connectivity index (χ4n) is 1.21. The van der Waals surface area contributed by atoms with E-state index in [1.165, 1.54) is 13.2 Å². The minimum absolute atomic E-state index is 0.154. The molecule has 5 heteroatoms. The zero-order valence-electron chi connectivity index (χ0n) is 9.53. The van der Waals surface area contributed by atoms with Crippen molar-refractivity contribution in [3.63, 3.8) is 0 Å². The molecule has 1 heterocycles. The van der Waals surface area contributed by atoms with Crippen molar-refractivity contribution in [3.05, 3.63) is 23.7 Å². The van der Waals surface area contributed by atoms with E-state index in [2.05, 4.69) is 5.32 Å². The highest BCUT2D eigenvalue weighted by Gasteiger charge is 2.34. The van der Waals surface area contributed by atoms with Crippen LogP contribution in [0.3, 0.4) is 0 Å². The fraction of sp³-hybridized carbons (Fsp3) is 0.455. The van der Waals surface area contributed by atoms with E-state index in [0.717, 1.165) is 0 Å². The number of carboxylic acids is 1. The lowest BCUT2D eigenvalue weighted by atomic mass is 9.99. The highest BCUT2D eigenvalue weighted by molar-refractivity contribution is 5.96. The van der Waals surface area contributed by atoms with Crippen LogP contribution >= 0.6 is 0 Å². The van der Waals surface area contributed by atoms with E-state index < -0.39 is 17.4 Å². The summed E-state index contributed by atoms with van der Waals surface area (Å²) in [5.41, 5.74) is -0.586. The predicted octanol–water partition coefficient (Wildman–Crippen LogP) is 1.57. The van der Waals surface area contributed by atoms with Crippen molar-refractivity contribution in [1.82, 2.24) is 5.32 Å². The first kappa shape index (κ1) is 12.3. The van der Waals surface area contributed by atoms with Crippen LogP contribution in [-0.2, 0) is 4.79 Å². The van der Waals surface area contributed by atoms with Crippen molar-refractivity contribution >= 4 is 11.9 Å². The minimum Gasteiger partial charge on any atom is -0.480 e. The lowest BCUT2D eigenvalue weighted by Gasteiger charge is -2.23. The average molecular weight is 225 g/mol. The molecule has 1 aromatic heterocycles. The number of hydrogen-bond acceptors (Lipinski definition) is 3. The summed E-state index contributed by atoms with van der Waals surface area (Å²) in [5, 5.41) is 11.5. The van der Waals surface area contributed by atoms with E-state index in [1.807, 2.05) is 0 Å². The first-order chi connectivity index (χ1) is 7.40. The Morgan fingerprint density at radius 2 is 2.19 bits per heavy atom. The molecule has 1 unspecified atom stereocenters. The summed E-state index contributed by atoms with van der Waals surface area (Å²) in [5.74, 6) is -1.41. The number of amides is 1. The normalized spacial score (nSPS) is 14.2. The van der Waals surface area contributed by atoms with Gasteiger partial charge in [-0.15, -0.1) is 0 Å². The zero-order chi connectivity index (χ0) is 12.3. The summed E-state index contributed by atoms with van der Waals surface area (Å²) in [7, 11) is 0. The van der Waals surface area contributed by atoms with Gasteiger partial charge in [-0.1, -0.05) is 6.92 Å². The molecular formula is C11H15NO4. The second-order valence-electron chi connectivity index (χ2n) is 3.88. The summed E-state index contributed by atoms with van der Waals surface area (Å²) in [4.78, 5) is 22.7. The number of carbonyl (C=O) groups is 2. The molecule has 0 fully saturated rings. The Labute approximate surface area is 93.4 Å². The van der Waals surface area contributed by atoms with Crippen LogP contribution in [0.25, 0.3) is 0 Å². The Balaban J connectivity index is 2.86. The van der Waals surface area contributed by atoms with Crippen LogP contribution in [0.2, 0.25) is 0 Å². The van der Waals surface area contributed by atoms with E-state index in [4.69, 9.17) is 9.52 Å². The molecule has 0 saturated heterocycles. The lowest BCUT2D eigenvalue weighted by molar-refractivity contribution is -0.143. The molecule has 0 radical (unpaired) electrons. The molecule has 0 aliphatic heterocycles. The molecule has 1 rings (SSSR count). The predicted molar refractivity (Wildman–Crippen MR) is 57.2 cm³/mol. The molecule has 0 aromatic carbocycles. The Bertz CT molecular complexity index is 410. The molecule has 16 heavy (non-hydrogen) atoms. The van der Waals surface area contributed by atoms with Gasteiger partial charge >= 0.3 is 5.97 Å². The van der Waals surface area contributed by atoms with Gasteiger partial charge in [-0.05, 0) is 26.3 Å². The maximum atomic E-state index is 11.7. The quantitative estimate of drug-likeness (QED) is 0.815. The summed E-state index contributed by atoms with van der Waals surface area (Å²) >= 11 is 0. The molecule has 0 aliphatic rings. The minimum atomic E-state index is -1.27. The Morgan fingerprint density at radius 3 is 2.56 bits per heavy atom. The second-order valence-corrected chi connectivity index (χ2v) is 3.88. The van der Waals surface area contributed by atoms with E-state index in [9.17, 15) is 9.59 Å². The van der Waals surface area contributed by atoms with Crippen LogP contribution in [-0.4, -0.2) is 22.5 Å². The van der Waals surface area contributed by atoms with Crippen molar-refractivity contribution in [2.45, 2.75) is 32.7 Å². The molecule has 88 valence electrons. The van der Waals surface area contributed by atoms with Crippen molar-refractivity contribution < 1.29 is 19.1 Å². The number of carboxylic acid groups (broad SMARTS) is 1. The van der Waals surface area contributed by atoms with E-state index in [-0.39, 0.29) is 5.76 Å². The van der Waals surface area contributed by atoms with Crippen LogP contribution in [0.4, 0.5) is 0 Å². The largest absolute Gasteiger partial charge is 0.480 e. The van der Waals surface area contributed by atoms with Crippen LogP contribution in [0.1, 0.15) is 36.4 Å². The maximum absolute atomic E-state index is 11.7. The summed E-state index contributed by atoms with van der Waals surface area (Å²) in [6.07, 6.45) is 1.70. The van der Waals surface area contributed by atoms with Gasteiger partial charge in [0, 0.05) is 5.56 Å². The van der Waals surface area contributed by atoms with Crippen LogP contribution in [0, 0.1) is 6.92 Å². The third-order valence-corrected chi connectivity index (χ3v) is 2.64. The van der Waals surface area contributed by atoms with Gasteiger partial charge in [0.2, 0.25) is 0 Å². The molecule has 1 amide bonds. The Morgan fingerprint density at radius 1 is 1.56 bits per heavy atom. The molecule has 0 aliphatic carbocycles. The molecular weight excluding hydrogens is 210 g/mol. The third-order valence-electron chi connectivity index (χ3n) is 2.64. The second kappa shape index (κ2) is 4.38. The van der Waals surface area contributed by atoms with Gasteiger partial charge < -0.3 is 14.8 Å². The first-order valence-electron chi connectivity index (χ1n) is 5.00. The molecule has 1 aromatic rings. The number of aliphatic carboxylic acids is 1. The number of hydrogen-bond donors (Lipinski definition) is 2. The summed E-state index contributed by atoms with van der Waals surface area (Å²) in [6.45, 7) is 4.89. The van der Waals surface area contributed by atoms with Crippen molar-refractivity contribution in [1.29, 1.82) is 0 Å². The van der Waals surface area contributed by atoms with E-state index in [1.54, 1.807) is 19.9 Å². The number of rotatable bonds is 4. The fourth-order valence-corrected chi connectivity index (χ4v) is 1.21. The van der Waals surface area contributed by atoms with Gasteiger partial charge in [0.1, 0.15) is 5.54 Å². The first-order valence-corrected chi connectivity index (χ1v) is 5.00. The lowest BCUT2D eigenvalue weighted by Crippen LogP contribution is -2.51. The summed E-state index contributed by atoms with van der Waals surface area (Å²) < 4.78 is 4.99. The standard InChI is InChI=1S/C11H15NO4/c1-4-11(3,10(14)15)12-9(13)8-7(2)5-6-16-8/h5-6H,4H2,1-3H3,(H,12,13)(H,14,15). The van der Waals surface area contributed by atoms with Gasteiger partial charge in [0.05, 0.1) is 6.26 Å². The topological polar surface area (TPSA) is 79.5 Å². The zero-order valence-corrected chi connectivity index (χ0v) is 9.53. The van der Waals surface area contributed by atoms with Crippen molar-refractivity contribution in [2.24, 2.45) is 0 Å². The van der Waals surface area contributed by atoms with Gasteiger partial charge in [-0.25, -0.2) is 4.79 Å². The van der Waals surface area contributed by atoms with Crippen molar-refractivity contribution in [3.8, 4) is 0 Å². The number of nitrogens with one attached hydrogen (secondary N) is 1. The van der Waals surface area contributed by atoms with Gasteiger partial charge in [0.25, 0.3) is 5.91 Å². The monoisotopic (exact) mass is 225 g/mol. The number of aryl methyl sites for hydroxylation is 1. The Kier molecular flexibility index (Phi) is 3.37. The SMILES string of the molecule is CCC(C)(NC(=O)c1occc1C)C(=O)O. The highest BCUT2D eigenvalue weighted by atomic mass is 16.4. The molecule has 2 N–H and O–H groups in total. The highest BCUT2D eigenvalue weighted by Crippen LogP contribution is 2.13. The van der Waals surface area contributed by atoms with Gasteiger partial charge in [0.15, 0.2) is 5.76 Å². The number of furan rings is 1. The van der Waals surface area contributed by atoms with Crippen LogP contribution < -0.4 is 5.32 Å². The van der Waals surface area contributed by atoms with E-state index in [0.29, 0.717) is 12.0 Å². The third kappa shape index (κ3) is 2.24.